The summed E-state index contributed by atoms with van der Waals surface area (Å²) in [6, 6.07) is 1.12. The van der Waals surface area contributed by atoms with Crippen LogP contribution in [-0.4, -0.2) is 62.3 Å². The molecule has 27 heavy (non-hydrogen) atoms. The smallest absolute Gasteiger partial charge is 0.191 e. The monoisotopic (exact) mass is 490 g/mol. The summed E-state index contributed by atoms with van der Waals surface area (Å²) < 4.78 is 6.12. The van der Waals surface area contributed by atoms with Crippen LogP contribution in [0.3, 0.4) is 0 Å². The number of guanidine groups is 1. The van der Waals surface area contributed by atoms with Crippen molar-refractivity contribution in [2.45, 2.75) is 77.0 Å². The van der Waals surface area contributed by atoms with E-state index in [4.69, 9.17) is 4.74 Å². The molecule has 2 N–H and O–H groups in total. The lowest BCUT2D eigenvalue weighted by molar-refractivity contribution is -0.125. The Hall–Kier alpha value is -0.0800. The molecule has 156 valence electrons. The summed E-state index contributed by atoms with van der Waals surface area (Å²) in [5.74, 6) is 2.48. The van der Waals surface area contributed by atoms with E-state index < -0.39 is 0 Å². The molecular formula is C21H39IN4O. The van der Waals surface area contributed by atoms with E-state index in [1.54, 1.807) is 0 Å². The van der Waals surface area contributed by atoms with Gasteiger partial charge in [0, 0.05) is 56.7 Å². The quantitative estimate of drug-likeness (QED) is 0.361. The molecular weight excluding hydrogens is 451 g/mol. The highest BCUT2D eigenvalue weighted by Gasteiger charge is 2.65. The van der Waals surface area contributed by atoms with Crippen LogP contribution in [0.5, 0.6) is 0 Å². The lowest BCUT2D eigenvalue weighted by atomic mass is 9.54. The first-order valence-electron chi connectivity index (χ1n) is 11.0. The van der Waals surface area contributed by atoms with E-state index in [2.05, 4.69) is 34.4 Å². The predicted octanol–water partition coefficient (Wildman–Crippen LogP) is 3.24. The zero-order chi connectivity index (χ0) is 18.1. The molecule has 4 fully saturated rings. The van der Waals surface area contributed by atoms with E-state index in [0.717, 1.165) is 18.5 Å². The minimum Gasteiger partial charge on any atom is -0.377 e. The average molecular weight is 490 g/mol. The maximum atomic E-state index is 6.12. The van der Waals surface area contributed by atoms with Crippen LogP contribution in [0, 0.1) is 17.3 Å². The standard InChI is InChI=1S/C21H38N4O.HI/c1-15(2)14-25-11-6-16(7-12-25)23-20(22-3)24-18-17-8-13-26-19(17)21(18)9-4-5-10-21;/h15-19H,4-14H2,1-3H3,(H2,22,23,24);1H. The molecule has 0 radical (unpaired) electrons. The summed E-state index contributed by atoms with van der Waals surface area (Å²) in [5, 5.41) is 7.58. The van der Waals surface area contributed by atoms with Gasteiger partial charge in [-0.05, 0) is 38.0 Å². The third-order valence-corrected chi connectivity index (χ3v) is 7.35. The normalized spacial score (nSPS) is 33.6. The molecule has 2 heterocycles. The number of halogens is 1. The topological polar surface area (TPSA) is 48.9 Å². The summed E-state index contributed by atoms with van der Waals surface area (Å²) in [4.78, 5) is 7.19. The predicted molar refractivity (Wildman–Crippen MR) is 122 cm³/mol. The fraction of sp³-hybridized carbons (Fsp3) is 0.952. The first-order chi connectivity index (χ1) is 12.6. The van der Waals surface area contributed by atoms with Crippen LogP contribution in [-0.2, 0) is 4.74 Å². The highest BCUT2D eigenvalue weighted by atomic mass is 127. The van der Waals surface area contributed by atoms with Crippen LogP contribution < -0.4 is 10.6 Å². The van der Waals surface area contributed by atoms with Gasteiger partial charge in [-0.2, -0.15) is 0 Å². The van der Waals surface area contributed by atoms with Gasteiger partial charge in [0.05, 0.1) is 6.10 Å². The molecule has 3 atom stereocenters. The number of aliphatic imine (C=N–C) groups is 1. The Kier molecular flexibility index (Phi) is 7.34. The number of fused-ring (bicyclic) bond motifs is 2. The number of likely N-dealkylation sites (tertiary alicyclic amines) is 1. The van der Waals surface area contributed by atoms with Crippen molar-refractivity contribution in [3.8, 4) is 0 Å². The second-order valence-electron chi connectivity index (χ2n) is 9.49. The maximum absolute atomic E-state index is 6.12. The molecule has 0 bridgehead atoms. The molecule has 0 amide bonds. The van der Waals surface area contributed by atoms with Gasteiger partial charge in [0.25, 0.3) is 0 Å². The van der Waals surface area contributed by atoms with Gasteiger partial charge in [0.2, 0.25) is 0 Å². The zero-order valence-corrected chi connectivity index (χ0v) is 19.7. The molecule has 0 aromatic carbocycles. The number of nitrogens with one attached hydrogen (secondary N) is 2. The van der Waals surface area contributed by atoms with Gasteiger partial charge in [0.15, 0.2) is 5.96 Å². The highest BCUT2D eigenvalue weighted by molar-refractivity contribution is 14.0. The molecule has 1 spiro atoms. The molecule has 2 saturated heterocycles. The van der Waals surface area contributed by atoms with E-state index in [9.17, 15) is 0 Å². The Morgan fingerprint density at radius 3 is 2.48 bits per heavy atom. The summed E-state index contributed by atoms with van der Waals surface area (Å²) >= 11 is 0. The SMILES string of the molecule is CN=C(NC1CCN(CC(C)C)CC1)NC1C2CCOC2C12CCCC2.I. The summed E-state index contributed by atoms with van der Waals surface area (Å²) in [6.45, 7) is 9.22. The van der Waals surface area contributed by atoms with Crippen LogP contribution >= 0.6 is 24.0 Å². The van der Waals surface area contributed by atoms with Crippen LogP contribution in [0.4, 0.5) is 0 Å². The first kappa shape index (κ1) is 21.6. The summed E-state index contributed by atoms with van der Waals surface area (Å²) in [7, 11) is 1.92. The molecule has 4 aliphatic rings. The number of hydrogen-bond donors (Lipinski definition) is 2. The minimum absolute atomic E-state index is 0. The van der Waals surface area contributed by atoms with Crippen molar-refractivity contribution in [3.05, 3.63) is 0 Å². The van der Waals surface area contributed by atoms with Gasteiger partial charge in [-0.1, -0.05) is 26.7 Å². The third kappa shape index (κ3) is 4.27. The molecule has 0 aromatic heterocycles. The molecule has 2 saturated carbocycles. The van der Waals surface area contributed by atoms with E-state index >= 15 is 0 Å². The first-order valence-corrected chi connectivity index (χ1v) is 11.0. The van der Waals surface area contributed by atoms with Gasteiger partial charge < -0.3 is 20.3 Å². The van der Waals surface area contributed by atoms with E-state index in [1.807, 2.05) is 7.05 Å². The van der Waals surface area contributed by atoms with Crippen molar-refractivity contribution < 1.29 is 4.74 Å². The van der Waals surface area contributed by atoms with E-state index in [1.165, 1.54) is 64.6 Å². The Balaban J connectivity index is 0.00000210. The molecule has 4 rings (SSSR count). The van der Waals surface area contributed by atoms with Crippen molar-refractivity contribution >= 4 is 29.9 Å². The van der Waals surface area contributed by atoms with E-state index in [0.29, 0.717) is 29.5 Å². The van der Waals surface area contributed by atoms with Crippen LogP contribution in [0.15, 0.2) is 4.99 Å². The Labute approximate surface area is 182 Å². The van der Waals surface area contributed by atoms with Crippen LogP contribution in [0.1, 0.15) is 58.8 Å². The fourth-order valence-electron chi connectivity index (χ4n) is 6.19. The van der Waals surface area contributed by atoms with Gasteiger partial charge >= 0.3 is 0 Å². The van der Waals surface area contributed by atoms with Crippen LogP contribution in [0.2, 0.25) is 0 Å². The largest absolute Gasteiger partial charge is 0.377 e. The number of nitrogens with zero attached hydrogens (tertiary/aromatic N) is 2. The van der Waals surface area contributed by atoms with E-state index in [-0.39, 0.29) is 24.0 Å². The average Bonchev–Trinajstić information content (AvgIpc) is 3.28. The highest BCUT2D eigenvalue weighted by Crippen LogP contribution is 2.60. The van der Waals surface area contributed by atoms with Crippen molar-refractivity contribution in [3.63, 3.8) is 0 Å². The molecule has 3 unspecified atom stereocenters. The van der Waals surface area contributed by atoms with Crippen LogP contribution in [0.25, 0.3) is 0 Å². The summed E-state index contributed by atoms with van der Waals surface area (Å²) in [5.41, 5.74) is 0.388. The molecule has 5 nitrogen and oxygen atoms in total. The molecule has 0 aromatic rings. The third-order valence-electron chi connectivity index (χ3n) is 7.35. The van der Waals surface area contributed by atoms with Gasteiger partial charge in [0.1, 0.15) is 0 Å². The molecule has 2 aliphatic heterocycles. The van der Waals surface area contributed by atoms with Crippen molar-refractivity contribution in [2.24, 2.45) is 22.2 Å². The van der Waals surface area contributed by atoms with Crippen molar-refractivity contribution in [1.29, 1.82) is 0 Å². The maximum Gasteiger partial charge on any atom is 0.191 e. The Morgan fingerprint density at radius 2 is 1.85 bits per heavy atom. The number of rotatable bonds is 4. The van der Waals surface area contributed by atoms with Crippen molar-refractivity contribution in [2.75, 3.05) is 33.3 Å². The van der Waals surface area contributed by atoms with Crippen molar-refractivity contribution in [1.82, 2.24) is 15.5 Å². The zero-order valence-electron chi connectivity index (χ0n) is 17.4. The number of hydrogen-bond acceptors (Lipinski definition) is 3. The van der Waals surface area contributed by atoms with Gasteiger partial charge in [-0.15, -0.1) is 24.0 Å². The Bertz CT molecular complexity index is 512. The lowest BCUT2D eigenvalue weighted by Gasteiger charge is -2.57. The Morgan fingerprint density at radius 1 is 1.15 bits per heavy atom. The van der Waals surface area contributed by atoms with Gasteiger partial charge in [-0.25, -0.2) is 0 Å². The fourth-order valence-corrected chi connectivity index (χ4v) is 6.19. The number of ether oxygens (including phenoxy) is 1. The number of piperidine rings is 1. The minimum atomic E-state index is 0. The summed E-state index contributed by atoms with van der Waals surface area (Å²) in [6.07, 6.45) is 9.56. The lowest BCUT2D eigenvalue weighted by Crippen LogP contribution is -2.69. The second-order valence-corrected chi connectivity index (χ2v) is 9.49. The van der Waals surface area contributed by atoms with Gasteiger partial charge in [-0.3, -0.25) is 4.99 Å². The molecule has 2 aliphatic carbocycles. The second kappa shape index (κ2) is 9.16. The molecule has 6 heteroatoms.